The third-order valence-electron chi connectivity index (χ3n) is 8.14. The van der Waals surface area contributed by atoms with Gasteiger partial charge in [0.2, 0.25) is 0 Å². The second kappa shape index (κ2) is 8.84. The van der Waals surface area contributed by atoms with E-state index in [4.69, 9.17) is 4.74 Å². The predicted octanol–water partition coefficient (Wildman–Crippen LogP) is 7.50. The Hall–Kier alpha value is -2.24. The van der Waals surface area contributed by atoms with Gasteiger partial charge in [-0.1, -0.05) is 45.0 Å². The second-order valence-corrected chi connectivity index (χ2v) is 10.7. The van der Waals surface area contributed by atoms with Crippen LogP contribution in [-0.2, 0) is 17.4 Å². The quantitative estimate of drug-likeness (QED) is 0.484. The van der Waals surface area contributed by atoms with Gasteiger partial charge in [-0.3, -0.25) is 4.79 Å². The van der Waals surface area contributed by atoms with Crippen molar-refractivity contribution in [2.45, 2.75) is 78.0 Å². The molecule has 2 aliphatic carbocycles. The Morgan fingerprint density at radius 2 is 1.79 bits per heavy atom. The Labute approximate surface area is 193 Å². The van der Waals surface area contributed by atoms with Crippen LogP contribution in [0.15, 0.2) is 30.3 Å². The van der Waals surface area contributed by atoms with Crippen LogP contribution >= 0.6 is 0 Å². The normalized spacial score (nSPS) is 27.2. The molecule has 2 aromatic carbocycles. The molecule has 0 heterocycles. The largest absolute Gasteiger partial charge is 0.490 e. The molecule has 2 atom stereocenters. The highest BCUT2D eigenvalue weighted by Crippen LogP contribution is 2.53. The molecule has 0 aromatic heterocycles. The zero-order chi connectivity index (χ0) is 24.0. The van der Waals surface area contributed by atoms with Gasteiger partial charge >= 0.3 is 12.1 Å². The minimum Gasteiger partial charge on any atom is -0.490 e. The summed E-state index contributed by atoms with van der Waals surface area (Å²) in [6.45, 7) is 6.11. The van der Waals surface area contributed by atoms with Gasteiger partial charge in [0.05, 0.1) is 12.0 Å². The van der Waals surface area contributed by atoms with Gasteiger partial charge in [-0.15, -0.1) is 0 Å². The topological polar surface area (TPSA) is 46.5 Å². The number of aliphatic carboxylic acids is 1. The van der Waals surface area contributed by atoms with Gasteiger partial charge in [0.1, 0.15) is 11.3 Å². The summed E-state index contributed by atoms with van der Waals surface area (Å²) in [7, 11) is 0. The van der Waals surface area contributed by atoms with Gasteiger partial charge in [-0.25, -0.2) is 0 Å². The number of carboxylic acids is 1. The number of rotatable bonds is 6. The smallest absolute Gasteiger partial charge is 0.420 e. The second-order valence-electron chi connectivity index (χ2n) is 10.7. The van der Waals surface area contributed by atoms with Gasteiger partial charge < -0.3 is 9.84 Å². The van der Waals surface area contributed by atoms with Crippen molar-refractivity contribution in [1.29, 1.82) is 0 Å². The van der Waals surface area contributed by atoms with Crippen LogP contribution in [-0.4, -0.2) is 17.2 Å². The zero-order valence-electron chi connectivity index (χ0n) is 19.5. The third-order valence-corrected chi connectivity index (χ3v) is 8.14. The first-order chi connectivity index (χ1) is 15.5. The van der Waals surface area contributed by atoms with Crippen molar-refractivity contribution < 1.29 is 27.8 Å². The summed E-state index contributed by atoms with van der Waals surface area (Å²) >= 11 is 0. The van der Waals surface area contributed by atoms with Crippen LogP contribution in [0.1, 0.15) is 70.4 Å². The lowest BCUT2D eigenvalue weighted by atomic mass is 9.53. The zero-order valence-corrected chi connectivity index (χ0v) is 19.5. The monoisotopic (exact) mass is 462 g/mol. The molecule has 4 rings (SSSR count). The Morgan fingerprint density at radius 1 is 1.12 bits per heavy atom. The molecule has 2 fully saturated rings. The highest BCUT2D eigenvalue weighted by atomic mass is 19.4. The fraction of sp³-hybridized carbons (Fsp3) is 0.593. The highest BCUT2D eigenvalue weighted by molar-refractivity contribution is 5.89. The summed E-state index contributed by atoms with van der Waals surface area (Å²) in [5.74, 6) is -0.344. The summed E-state index contributed by atoms with van der Waals surface area (Å²) in [4.78, 5) is 11.4. The number of carboxylic acid groups (broad SMARTS) is 1. The third kappa shape index (κ3) is 4.85. The SMILES string of the molecule is CC1CCC(Oc2ccc3ccc(CCC4CC(C(=O)O)C4(C)C)cc3c2C(F)(F)F)CC1. The molecule has 2 unspecified atom stereocenters. The van der Waals surface area contributed by atoms with Crippen LogP contribution in [0, 0.1) is 23.2 Å². The van der Waals surface area contributed by atoms with E-state index >= 15 is 0 Å². The van der Waals surface area contributed by atoms with Gasteiger partial charge in [-0.05, 0) is 84.6 Å². The molecule has 0 saturated heterocycles. The fourth-order valence-electron chi connectivity index (χ4n) is 5.69. The van der Waals surface area contributed by atoms with E-state index < -0.39 is 17.7 Å². The summed E-state index contributed by atoms with van der Waals surface area (Å²) in [5, 5.41) is 10.1. The first kappa shape index (κ1) is 23.9. The van der Waals surface area contributed by atoms with E-state index in [1.54, 1.807) is 18.2 Å². The van der Waals surface area contributed by atoms with Crippen LogP contribution in [0.4, 0.5) is 13.2 Å². The van der Waals surface area contributed by atoms with Gasteiger partial charge in [0.15, 0.2) is 0 Å². The first-order valence-electron chi connectivity index (χ1n) is 12.0. The Kier molecular flexibility index (Phi) is 6.41. The molecule has 0 aliphatic heterocycles. The standard InChI is InChI=1S/C27H33F3O3/c1-16-4-11-20(12-5-16)33-23-13-9-18-8-6-17(14-21(18)24(23)27(28,29)30)7-10-19-15-22(25(31)32)26(19,2)3/h6,8-9,13-14,16,19-20,22H,4-5,7,10-12,15H2,1-3H3,(H,31,32). The Morgan fingerprint density at radius 3 is 2.39 bits per heavy atom. The number of alkyl halides is 3. The average molecular weight is 463 g/mol. The maximum absolute atomic E-state index is 14.2. The number of halogens is 3. The van der Waals surface area contributed by atoms with E-state index in [0.717, 1.165) is 37.7 Å². The lowest BCUT2D eigenvalue weighted by Crippen LogP contribution is -2.48. The number of ether oxygens (including phenoxy) is 1. The molecule has 180 valence electrons. The molecular formula is C27H33F3O3. The lowest BCUT2D eigenvalue weighted by Gasteiger charge is -2.50. The molecule has 2 saturated carbocycles. The predicted molar refractivity (Wildman–Crippen MR) is 122 cm³/mol. The molecule has 0 spiro atoms. The number of aryl methyl sites for hydroxylation is 1. The van der Waals surface area contributed by atoms with E-state index in [2.05, 4.69) is 6.92 Å². The molecule has 0 amide bonds. The summed E-state index contributed by atoms with van der Waals surface area (Å²) in [6.07, 6.45) is 0.844. The van der Waals surface area contributed by atoms with E-state index in [9.17, 15) is 23.1 Å². The molecule has 3 nitrogen and oxygen atoms in total. The minimum atomic E-state index is -4.51. The van der Waals surface area contributed by atoms with Gasteiger partial charge in [0, 0.05) is 0 Å². The molecule has 0 bridgehead atoms. The minimum absolute atomic E-state index is 0.0730. The van der Waals surface area contributed by atoms with E-state index in [1.165, 1.54) is 6.07 Å². The van der Waals surface area contributed by atoms with Crippen molar-refractivity contribution in [3.63, 3.8) is 0 Å². The fourth-order valence-corrected chi connectivity index (χ4v) is 5.69. The van der Waals surface area contributed by atoms with Crippen LogP contribution in [0.5, 0.6) is 5.75 Å². The summed E-state index contributed by atoms with van der Waals surface area (Å²) < 4.78 is 48.5. The molecule has 2 aromatic rings. The highest BCUT2D eigenvalue weighted by Gasteiger charge is 2.51. The summed E-state index contributed by atoms with van der Waals surface area (Å²) in [6, 6.07) is 8.45. The van der Waals surface area contributed by atoms with Crippen molar-refractivity contribution in [3.8, 4) is 5.75 Å². The first-order valence-corrected chi connectivity index (χ1v) is 12.0. The van der Waals surface area contributed by atoms with Crippen molar-refractivity contribution in [2.24, 2.45) is 23.2 Å². The maximum atomic E-state index is 14.2. The van der Waals surface area contributed by atoms with Crippen molar-refractivity contribution in [3.05, 3.63) is 41.5 Å². The van der Waals surface area contributed by atoms with Crippen LogP contribution in [0.25, 0.3) is 10.8 Å². The average Bonchev–Trinajstić information content (AvgIpc) is 2.73. The van der Waals surface area contributed by atoms with E-state index in [1.807, 2.05) is 19.9 Å². The number of fused-ring (bicyclic) bond motifs is 1. The van der Waals surface area contributed by atoms with E-state index in [0.29, 0.717) is 24.1 Å². The number of benzene rings is 2. The molecule has 33 heavy (non-hydrogen) atoms. The molecule has 6 heteroatoms. The Balaban J connectivity index is 1.57. The number of hydrogen-bond acceptors (Lipinski definition) is 2. The van der Waals surface area contributed by atoms with Crippen LogP contribution < -0.4 is 4.74 Å². The van der Waals surface area contributed by atoms with E-state index in [-0.39, 0.29) is 34.5 Å². The Bertz CT molecular complexity index is 1020. The van der Waals surface area contributed by atoms with Crippen molar-refractivity contribution in [2.75, 3.05) is 0 Å². The summed E-state index contributed by atoms with van der Waals surface area (Å²) in [5.41, 5.74) is -0.139. The molecule has 0 radical (unpaired) electrons. The van der Waals surface area contributed by atoms with Crippen LogP contribution in [0.2, 0.25) is 0 Å². The molecular weight excluding hydrogens is 429 g/mol. The van der Waals surface area contributed by atoms with Crippen molar-refractivity contribution >= 4 is 16.7 Å². The maximum Gasteiger partial charge on any atom is 0.420 e. The van der Waals surface area contributed by atoms with Crippen LogP contribution in [0.3, 0.4) is 0 Å². The molecule has 1 N–H and O–H groups in total. The number of carbonyl (C=O) groups is 1. The van der Waals surface area contributed by atoms with Gasteiger partial charge in [-0.2, -0.15) is 13.2 Å². The van der Waals surface area contributed by atoms with Crippen molar-refractivity contribution in [1.82, 2.24) is 0 Å². The number of hydrogen-bond donors (Lipinski definition) is 1. The molecule has 2 aliphatic rings. The van der Waals surface area contributed by atoms with Gasteiger partial charge in [0.25, 0.3) is 0 Å². The lowest BCUT2D eigenvalue weighted by molar-refractivity contribution is -0.159.